The highest BCUT2D eigenvalue weighted by Gasteiger charge is 2.33. The predicted molar refractivity (Wildman–Crippen MR) is 70.0 cm³/mol. The summed E-state index contributed by atoms with van der Waals surface area (Å²) in [6, 6.07) is 1.19. The molecule has 1 aromatic rings. The molecule has 1 atom stereocenters. The number of aromatic nitrogens is 1. The number of ether oxygens (including phenoxy) is 2. The zero-order chi connectivity index (χ0) is 14.2. The van der Waals surface area contributed by atoms with Crippen molar-refractivity contribution in [3.8, 4) is 0 Å². The number of halogens is 1. The van der Waals surface area contributed by atoms with Crippen LogP contribution < -0.4 is 5.56 Å². The minimum Gasteiger partial charge on any atom is -0.348 e. The van der Waals surface area contributed by atoms with E-state index in [1.54, 1.807) is 13.8 Å². The van der Waals surface area contributed by atoms with Crippen molar-refractivity contribution in [2.24, 2.45) is 0 Å². The van der Waals surface area contributed by atoms with Crippen molar-refractivity contribution in [2.75, 3.05) is 6.61 Å². The van der Waals surface area contributed by atoms with Crippen LogP contribution in [0, 0.1) is 10.1 Å². The summed E-state index contributed by atoms with van der Waals surface area (Å²) in [5, 5.41) is 10.8. The minimum atomic E-state index is -0.695. The lowest BCUT2D eigenvalue weighted by Gasteiger charge is -2.17. The van der Waals surface area contributed by atoms with Gasteiger partial charge in [0.15, 0.2) is 5.79 Å². The first-order valence-corrected chi connectivity index (χ1v) is 6.44. The van der Waals surface area contributed by atoms with Crippen LogP contribution in [0.3, 0.4) is 0 Å². The van der Waals surface area contributed by atoms with Crippen molar-refractivity contribution in [3.05, 3.63) is 37.2 Å². The lowest BCUT2D eigenvalue weighted by Crippen LogP contribution is -2.30. The molecule has 104 valence electrons. The fraction of sp³-hybridized carbons (Fsp3) is 0.545. The summed E-state index contributed by atoms with van der Waals surface area (Å²) in [7, 11) is 0. The molecule has 0 radical (unpaired) electrons. The summed E-state index contributed by atoms with van der Waals surface area (Å²) in [6.45, 7) is 4.11. The van der Waals surface area contributed by atoms with Crippen LogP contribution in [0.4, 0.5) is 5.69 Å². The summed E-state index contributed by atoms with van der Waals surface area (Å²) in [5.41, 5.74) is -1.12. The summed E-state index contributed by atoms with van der Waals surface area (Å²) in [6.07, 6.45) is 1.20. The van der Waals surface area contributed by atoms with E-state index in [1.807, 2.05) is 0 Å². The van der Waals surface area contributed by atoms with Crippen LogP contribution in [0.1, 0.15) is 13.8 Å². The third-order valence-corrected chi connectivity index (χ3v) is 3.13. The van der Waals surface area contributed by atoms with Crippen LogP contribution in [-0.4, -0.2) is 28.0 Å². The van der Waals surface area contributed by atoms with Crippen molar-refractivity contribution in [3.63, 3.8) is 0 Å². The van der Waals surface area contributed by atoms with E-state index >= 15 is 0 Å². The summed E-state index contributed by atoms with van der Waals surface area (Å²) >= 11 is 3.15. The van der Waals surface area contributed by atoms with Crippen molar-refractivity contribution in [2.45, 2.75) is 32.3 Å². The van der Waals surface area contributed by atoms with E-state index in [9.17, 15) is 14.9 Å². The average molecular weight is 333 g/mol. The first kappa shape index (κ1) is 14.2. The second kappa shape index (κ2) is 5.03. The van der Waals surface area contributed by atoms with E-state index in [0.29, 0.717) is 11.1 Å². The Balaban J connectivity index is 2.26. The van der Waals surface area contributed by atoms with Crippen LogP contribution in [0.15, 0.2) is 21.5 Å². The molecule has 1 aliphatic heterocycles. The summed E-state index contributed by atoms with van der Waals surface area (Å²) in [4.78, 5) is 22.0. The molecule has 0 unspecified atom stereocenters. The van der Waals surface area contributed by atoms with Crippen LogP contribution in [-0.2, 0) is 16.0 Å². The first-order valence-electron chi connectivity index (χ1n) is 5.65. The Labute approximate surface area is 117 Å². The summed E-state index contributed by atoms with van der Waals surface area (Å²) in [5.74, 6) is -0.688. The van der Waals surface area contributed by atoms with E-state index in [4.69, 9.17) is 9.47 Å². The van der Waals surface area contributed by atoms with Crippen molar-refractivity contribution in [1.29, 1.82) is 0 Å². The Morgan fingerprint density at radius 3 is 2.84 bits per heavy atom. The Morgan fingerprint density at radius 1 is 1.63 bits per heavy atom. The SMILES string of the molecule is CC1(C)OC[C@@H](Cn2cc(Br)cc([N+](=O)[O-])c2=O)O1. The van der Waals surface area contributed by atoms with Gasteiger partial charge in [0.1, 0.15) is 6.10 Å². The number of hydrogen-bond acceptors (Lipinski definition) is 5. The molecule has 7 nitrogen and oxygen atoms in total. The third kappa shape index (κ3) is 3.20. The second-order valence-electron chi connectivity index (χ2n) is 4.71. The monoisotopic (exact) mass is 332 g/mol. The molecule has 0 bridgehead atoms. The molecule has 0 spiro atoms. The minimum absolute atomic E-state index is 0.211. The van der Waals surface area contributed by atoms with E-state index in [1.165, 1.54) is 16.8 Å². The van der Waals surface area contributed by atoms with Crippen LogP contribution >= 0.6 is 15.9 Å². The Kier molecular flexibility index (Phi) is 3.75. The Bertz CT molecular complexity index is 569. The lowest BCUT2D eigenvalue weighted by molar-refractivity contribution is -0.386. The maximum Gasteiger partial charge on any atom is 0.335 e. The van der Waals surface area contributed by atoms with Gasteiger partial charge in [-0.05, 0) is 29.8 Å². The van der Waals surface area contributed by atoms with Gasteiger partial charge in [-0.15, -0.1) is 0 Å². The van der Waals surface area contributed by atoms with Gasteiger partial charge in [-0.2, -0.15) is 0 Å². The van der Waals surface area contributed by atoms with Gasteiger partial charge in [-0.25, -0.2) is 0 Å². The highest BCUT2D eigenvalue weighted by Crippen LogP contribution is 2.23. The molecule has 2 rings (SSSR count). The van der Waals surface area contributed by atoms with Crippen molar-refractivity contribution < 1.29 is 14.4 Å². The third-order valence-electron chi connectivity index (χ3n) is 2.70. The number of hydrogen-bond donors (Lipinski definition) is 0. The fourth-order valence-electron chi connectivity index (χ4n) is 1.92. The number of pyridine rings is 1. The van der Waals surface area contributed by atoms with Gasteiger partial charge in [0.2, 0.25) is 0 Å². The van der Waals surface area contributed by atoms with E-state index in [0.717, 1.165) is 0 Å². The maximum atomic E-state index is 11.9. The molecule has 0 aromatic carbocycles. The van der Waals surface area contributed by atoms with Gasteiger partial charge in [-0.1, -0.05) is 0 Å². The zero-order valence-corrected chi connectivity index (χ0v) is 12.0. The van der Waals surface area contributed by atoms with E-state index < -0.39 is 22.0 Å². The molecule has 19 heavy (non-hydrogen) atoms. The first-order chi connectivity index (χ1) is 8.78. The van der Waals surface area contributed by atoms with E-state index in [-0.39, 0.29) is 12.6 Å². The Hall–Kier alpha value is -1.25. The Morgan fingerprint density at radius 2 is 2.32 bits per heavy atom. The van der Waals surface area contributed by atoms with Gasteiger partial charge >= 0.3 is 11.2 Å². The molecular weight excluding hydrogens is 320 g/mol. The molecule has 1 saturated heterocycles. The topological polar surface area (TPSA) is 83.6 Å². The summed E-state index contributed by atoms with van der Waals surface area (Å²) < 4.78 is 12.7. The molecular formula is C11H13BrN2O5. The average Bonchev–Trinajstić information content (AvgIpc) is 2.62. The zero-order valence-electron chi connectivity index (χ0n) is 10.5. The van der Waals surface area contributed by atoms with Gasteiger partial charge in [0, 0.05) is 16.7 Å². The quantitative estimate of drug-likeness (QED) is 0.621. The van der Waals surface area contributed by atoms with Crippen LogP contribution in [0.25, 0.3) is 0 Å². The van der Waals surface area contributed by atoms with Crippen LogP contribution in [0.5, 0.6) is 0 Å². The maximum absolute atomic E-state index is 11.9. The van der Waals surface area contributed by atoms with E-state index in [2.05, 4.69) is 15.9 Å². The molecule has 0 saturated carbocycles. The number of rotatable bonds is 3. The fourth-order valence-corrected chi connectivity index (χ4v) is 2.39. The molecule has 1 aromatic heterocycles. The molecule has 0 amide bonds. The highest BCUT2D eigenvalue weighted by molar-refractivity contribution is 9.10. The second-order valence-corrected chi connectivity index (χ2v) is 5.62. The molecule has 0 aliphatic carbocycles. The number of nitro groups is 1. The molecule has 1 fully saturated rings. The highest BCUT2D eigenvalue weighted by atomic mass is 79.9. The molecule has 1 aliphatic rings. The van der Waals surface area contributed by atoms with Crippen molar-refractivity contribution >= 4 is 21.6 Å². The van der Waals surface area contributed by atoms with Crippen molar-refractivity contribution in [1.82, 2.24) is 4.57 Å². The molecule has 2 heterocycles. The van der Waals surface area contributed by atoms with Gasteiger partial charge in [-0.3, -0.25) is 14.9 Å². The predicted octanol–water partition coefficient (Wildman–Crippen LogP) is 1.67. The van der Waals surface area contributed by atoms with Gasteiger partial charge < -0.3 is 14.0 Å². The van der Waals surface area contributed by atoms with Gasteiger partial charge in [0.05, 0.1) is 18.1 Å². The smallest absolute Gasteiger partial charge is 0.335 e. The molecule has 8 heteroatoms. The largest absolute Gasteiger partial charge is 0.348 e. The standard InChI is InChI=1S/C11H13BrN2O5/c1-11(2)18-6-8(19-11)5-13-4-7(12)3-9(10(13)15)14(16)17/h3-4,8H,5-6H2,1-2H3/t8-/m1/s1. The number of nitrogens with zero attached hydrogens (tertiary/aromatic N) is 2. The molecule has 0 N–H and O–H groups in total. The normalized spacial score (nSPS) is 21.5. The van der Waals surface area contributed by atoms with Crippen LogP contribution in [0.2, 0.25) is 0 Å². The lowest BCUT2D eigenvalue weighted by atomic mass is 10.3. The van der Waals surface area contributed by atoms with Gasteiger partial charge in [0.25, 0.3) is 0 Å².